The lowest BCUT2D eigenvalue weighted by Crippen LogP contribution is -2.50. The van der Waals surface area contributed by atoms with E-state index in [9.17, 15) is 4.79 Å². The molecule has 0 saturated carbocycles. The summed E-state index contributed by atoms with van der Waals surface area (Å²) in [5.41, 5.74) is 1.20. The van der Waals surface area contributed by atoms with Gasteiger partial charge in [0.2, 0.25) is 0 Å². The van der Waals surface area contributed by atoms with Gasteiger partial charge in [0.15, 0.2) is 5.82 Å². The number of piperazine rings is 1. The highest BCUT2D eigenvalue weighted by atomic mass is 32.1. The number of benzene rings is 1. The average Bonchev–Trinajstić information content (AvgIpc) is 3.33. The van der Waals surface area contributed by atoms with Crippen molar-refractivity contribution >= 4 is 23.1 Å². The van der Waals surface area contributed by atoms with Crippen molar-refractivity contribution in [2.75, 3.05) is 31.1 Å². The number of thiophene rings is 1. The van der Waals surface area contributed by atoms with Gasteiger partial charge in [-0.1, -0.05) is 24.3 Å². The number of carbonyl (C=O) groups is 1. The van der Waals surface area contributed by atoms with Gasteiger partial charge in [0, 0.05) is 31.9 Å². The summed E-state index contributed by atoms with van der Waals surface area (Å²) in [5.74, 6) is 0.598. The van der Waals surface area contributed by atoms with Gasteiger partial charge < -0.3 is 9.80 Å². The summed E-state index contributed by atoms with van der Waals surface area (Å²) >= 11 is 1.56. The molecule has 1 aliphatic heterocycles. The minimum absolute atomic E-state index is 0.113. The van der Waals surface area contributed by atoms with Crippen molar-refractivity contribution in [3.8, 4) is 10.7 Å². The Morgan fingerprint density at radius 2 is 1.79 bits per heavy atom. The topological polar surface area (TPSA) is 54.3 Å². The molecule has 0 bridgehead atoms. The Balaban J connectivity index is 1.41. The monoisotopic (exact) mass is 339 g/mol. The number of aromatic nitrogens is 3. The first-order valence-electron chi connectivity index (χ1n) is 7.86. The molecule has 0 aliphatic carbocycles. The van der Waals surface area contributed by atoms with Crippen molar-refractivity contribution in [2.45, 2.75) is 0 Å². The lowest BCUT2D eigenvalue weighted by atomic mass is 10.2. The molecular weight excluding hydrogens is 322 g/mol. The Morgan fingerprint density at radius 3 is 2.50 bits per heavy atom. The molecule has 24 heavy (non-hydrogen) atoms. The maximum Gasteiger partial charge on any atom is 0.346 e. The minimum atomic E-state index is -0.113. The van der Waals surface area contributed by atoms with Gasteiger partial charge in [-0.3, -0.25) is 0 Å². The number of amides is 1. The fourth-order valence-corrected chi connectivity index (χ4v) is 3.47. The van der Waals surface area contributed by atoms with Crippen LogP contribution in [-0.2, 0) is 0 Å². The van der Waals surface area contributed by atoms with Crippen LogP contribution in [-0.4, -0.2) is 51.9 Å². The summed E-state index contributed by atoms with van der Waals surface area (Å²) in [6.07, 6.45) is 1.50. The van der Waals surface area contributed by atoms with Gasteiger partial charge in [0.25, 0.3) is 0 Å². The smallest absolute Gasteiger partial charge is 0.346 e. The first-order chi connectivity index (χ1) is 11.8. The summed E-state index contributed by atoms with van der Waals surface area (Å²) in [6.45, 7) is 3.01. The average molecular weight is 339 g/mol. The molecule has 1 fully saturated rings. The summed E-state index contributed by atoms with van der Waals surface area (Å²) < 4.78 is 1.34. The first kappa shape index (κ1) is 14.9. The molecule has 6 nitrogen and oxygen atoms in total. The van der Waals surface area contributed by atoms with E-state index in [1.165, 1.54) is 16.7 Å². The van der Waals surface area contributed by atoms with Crippen LogP contribution in [0.25, 0.3) is 10.7 Å². The van der Waals surface area contributed by atoms with Crippen LogP contribution in [0, 0.1) is 0 Å². The van der Waals surface area contributed by atoms with E-state index in [1.54, 1.807) is 11.3 Å². The second-order valence-corrected chi connectivity index (χ2v) is 6.53. The quantitative estimate of drug-likeness (QED) is 0.720. The third kappa shape index (κ3) is 2.90. The zero-order valence-corrected chi connectivity index (χ0v) is 13.9. The van der Waals surface area contributed by atoms with Crippen LogP contribution in [0.4, 0.5) is 10.5 Å². The van der Waals surface area contributed by atoms with E-state index in [1.807, 2.05) is 40.6 Å². The van der Waals surface area contributed by atoms with Crippen LogP contribution in [0.2, 0.25) is 0 Å². The molecule has 0 spiro atoms. The number of para-hydroxylation sites is 1. The first-order valence-corrected chi connectivity index (χ1v) is 8.74. The highest BCUT2D eigenvalue weighted by molar-refractivity contribution is 7.13. The molecular formula is C17H17N5OS. The second-order valence-electron chi connectivity index (χ2n) is 5.58. The van der Waals surface area contributed by atoms with Gasteiger partial charge in [-0.15, -0.1) is 16.4 Å². The van der Waals surface area contributed by atoms with Gasteiger partial charge in [0.05, 0.1) is 4.88 Å². The highest BCUT2D eigenvalue weighted by Gasteiger charge is 2.23. The Hall–Kier alpha value is -2.67. The van der Waals surface area contributed by atoms with Gasteiger partial charge in [-0.25, -0.2) is 9.78 Å². The van der Waals surface area contributed by atoms with Crippen molar-refractivity contribution in [1.29, 1.82) is 0 Å². The minimum Gasteiger partial charge on any atom is -0.368 e. The van der Waals surface area contributed by atoms with Gasteiger partial charge >= 0.3 is 6.03 Å². The van der Waals surface area contributed by atoms with E-state index in [4.69, 9.17) is 0 Å². The largest absolute Gasteiger partial charge is 0.368 e. The second kappa shape index (κ2) is 6.45. The zero-order chi connectivity index (χ0) is 16.4. The predicted molar refractivity (Wildman–Crippen MR) is 94.4 cm³/mol. The summed E-state index contributed by atoms with van der Waals surface area (Å²) in [5, 5.41) is 6.29. The molecule has 4 rings (SSSR count). The SMILES string of the molecule is O=C(N1CCN(c2ccccc2)CC1)n1cnc(-c2cccs2)n1. The van der Waals surface area contributed by atoms with Crippen molar-refractivity contribution in [3.05, 3.63) is 54.2 Å². The van der Waals surface area contributed by atoms with E-state index < -0.39 is 0 Å². The molecule has 3 aromatic rings. The lowest BCUT2D eigenvalue weighted by molar-refractivity contribution is 0.192. The number of nitrogens with zero attached hydrogens (tertiary/aromatic N) is 5. The predicted octanol–water partition coefficient (Wildman–Crippen LogP) is 2.80. The number of anilines is 1. The fourth-order valence-electron chi connectivity index (χ4n) is 2.81. The summed E-state index contributed by atoms with van der Waals surface area (Å²) in [7, 11) is 0. The number of carbonyl (C=O) groups excluding carboxylic acids is 1. The normalized spacial score (nSPS) is 14.8. The molecule has 1 aliphatic rings. The molecule has 0 unspecified atom stereocenters. The Morgan fingerprint density at radius 1 is 1.00 bits per heavy atom. The Bertz CT molecular complexity index is 807. The van der Waals surface area contributed by atoms with E-state index >= 15 is 0 Å². The van der Waals surface area contributed by atoms with Gasteiger partial charge in [0.1, 0.15) is 6.33 Å². The van der Waals surface area contributed by atoms with Crippen molar-refractivity contribution in [3.63, 3.8) is 0 Å². The number of hydrogen-bond acceptors (Lipinski definition) is 5. The Labute approximate surface area is 144 Å². The van der Waals surface area contributed by atoms with E-state index in [-0.39, 0.29) is 6.03 Å². The number of rotatable bonds is 2. The molecule has 1 aromatic carbocycles. The maximum atomic E-state index is 12.6. The third-order valence-corrected chi connectivity index (χ3v) is 4.97. The molecule has 122 valence electrons. The van der Waals surface area contributed by atoms with Crippen LogP contribution in [0.5, 0.6) is 0 Å². The molecule has 3 heterocycles. The highest BCUT2D eigenvalue weighted by Crippen LogP contribution is 2.20. The van der Waals surface area contributed by atoms with Crippen LogP contribution in [0.3, 0.4) is 0 Å². The molecule has 2 aromatic heterocycles. The van der Waals surface area contributed by atoms with Gasteiger partial charge in [-0.05, 0) is 23.6 Å². The van der Waals surface area contributed by atoms with Crippen LogP contribution < -0.4 is 4.90 Å². The molecule has 0 N–H and O–H groups in total. The molecule has 0 atom stereocenters. The number of hydrogen-bond donors (Lipinski definition) is 0. The molecule has 0 radical (unpaired) electrons. The maximum absolute atomic E-state index is 12.6. The van der Waals surface area contributed by atoms with Crippen LogP contribution >= 0.6 is 11.3 Å². The van der Waals surface area contributed by atoms with Crippen molar-refractivity contribution < 1.29 is 4.79 Å². The Kier molecular flexibility index (Phi) is 4.00. The van der Waals surface area contributed by atoms with E-state index in [0.29, 0.717) is 18.9 Å². The molecule has 1 saturated heterocycles. The fraction of sp³-hybridized carbons (Fsp3) is 0.235. The van der Waals surface area contributed by atoms with Gasteiger partial charge in [-0.2, -0.15) is 4.68 Å². The summed E-state index contributed by atoms with van der Waals surface area (Å²) in [6, 6.07) is 14.1. The van der Waals surface area contributed by atoms with Crippen LogP contribution in [0.1, 0.15) is 0 Å². The lowest BCUT2D eigenvalue weighted by Gasteiger charge is -2.35. The third-order valence-electron chi connectivity index (χ3n) is 4.10. The zero-order valence-electron chi connectivity index (χ0n) is 13.1. The van der Waals surface area contributed by atoms with Crippen molar-refractivity contribution in [2.24, 2.45) is 0 Å². The summed E-state index contributed by atoms with van der Waals surface area (Å²) in [4.78, 5) is 21.9. The van der Waals surface area contributed by atoms with E-state index in [0.717, 1.165) is 18.0 Å². The standard InChI is InChI=1S/C17H17N5OS/c23-17(22-13-18-16(19-22)15-7-4-12-24-15)21-10-8-20(9-11-21)14-5-2-1-3-6-14/h1-7,12-13H,8-11H2. The molecule has 7 heteroatoms. The van der Waals surface area contributed by atoms with E-state index in [2.05, 4.69) is 27.1 Å². The van der Waals surface area contributed by atoms with Crippen molar-refractivity contribution in [1.82, 2.24) is 19.7 Å². The van der Waals surface area contributed by atoms with Crippen LogP contribution in [0.15, 0.2) is 54.2 Å². The molecule has 1 amide bonds.